The molecule has 3 nitrogen and oxygen atoms in total. The van der Waals surface area contributed by atoms with E-state index in [2.05, 4.69) is 0 Å². The molecule has 0 heterocycles. The van der Waals surface area contributed by atoms with E-state index in [1.54, 1.807) is 0 Å². The van der Waals surface area contributed by atoms with Crippen molar-refractivity contribution < 1.29 is 130 Å². The molecule has 0 aromatic carbocycles. The molecule has 0 aromatic heterocycles. The topological polar surface area (TPSA) is 60.7 Å². The van der Waals surface area contributed by atoms with Gasteiger partial charge in [-0.3, -0.25) is 0 Å². The van der Waals surface area contributed by atoms with E-state index in [0.717, 1.165) is 0 Å². The van der Waals surface area contributed by atoms with Crippen LogP contribution < -0.4 is 110 Å². The van der Waals surface area contributed by atoms with Gasteiger partial charge in [-0.25, -0.2) is 0 Å². The molecule has 0 aromatic rings. The maximum atomic E-state index is 7.17. The summed E-state index contributed by atoms with van der Waals surface area (Å²) in [6.07, 6.45) is 0. The SMILES string of the molecule is OB(O)O.[H-].[H-].[H-].[K+].[Na+].[Na+]. The average Bonchev–Trinajstić information content (AvgIpc) is 0.811. The van der Waals surface area contributed by atoms with Gasteiger partial charge in [0.15, 0.2) is 0 Å². The van der Waals surface area contributed by atoms with Crippen LogP contribution in [0.1, 0.15) is 4.28 Å². The van der Waals surface area contributed by atoms with Crippen LogP contribution >= 0.6 is 0 Å². The fraction of sp³-hybridized carbons (Fsp3) is 0. The summed E-state index contributed by atoms with van der Waals surface area (Å²) in [6.45, 7) is 0. The van der Waals surface area contributed by atoms with Gasteiger partial charge in [-0.15, -0.1) is 0 Å². The maximum Gasteiger partial charge on any atom is 1.00 e. The van der Waals surface area contributed by atoms with Crippen molar-refractivity contribution in [3.05, 3.63) is 0 Å². The molecule has 0 fully saturated rings. The normalized spacial score (nSPS) is 3.86. The average molecular weight is 150 g/mol. The summed E-state index contributed by atoms with van der Waals surface area (Å²) in [6, 6.07) is 0. The van der Waals surface area contributed by atoms with Crippen molar-refractivity contribution in [2.75, 3.05) is 0 Å². The molecule has 0 radical (unpaired) electrons. The van der Waals surface area contributed by atoms with Crippen LogP contribution in [0.5, 0.6) is 0 Å². The van der Waals surface area contributed by atoms with Crippen molar-refractivity contribution in [1.82, 2.24) is 0 Å². The van der Waals surface area contributed by atoms with E-state index >= 15 is 0 Å². The minimum absolute atomic E-state index is 0. The van der Waals surface area contributed by atoms with Gasteiger partial charge in [0.25, 0.3) is 0 Å². The predicted octanol–water partition coefficient (Wildman–Crippen LogP) is -10.7. The summed E-state index contributed by atoms with van der Waals surface area (Å²) in [5.41, 5.74) is 0. The zero-order valence-electron chi connectivity index (χ0n) is 7.92. The summed E-state index contributed by atoms with van der Waals surface area (Å²) in [5.74, 6) is 0. The monoisotopic (exact) mass is 150 g/mol. The van der Waals surface area contributed by atoms with Gasteiger partial charge in [0.05, 0.1) is 0 Å². The second kappa shape index (κ2) is 16.3. The van der Waals surface area contributed by atoms with Crippen molar-refractivity contribution in [3.8, 4) is 0 Å². The molecule has 0 spiro atoms. The second-order valence-corrected chi connectivity index (χ2v) is 0.346. The van der Waals surface area contributed by atoms with Gasteiger partial charge in [0.1, 0.15) is 0 Å². The second-order valence-electron chi connectivity index (χ2n) is 0.346. The Kier molecular flexibility index (Phi) is 52.2. The van der Waals surface area contributed by atoms with Crippen molar-refractivity contribution in [2.24, 2.45) is 0 Å². The fourth-order valence-electron chi connectivity index (χ4n) is 0. The Balaban J connectivity index is -0.00000000300. The Labute approximate surface area is 134 Å². The Bertz CT molecular complexity index is 26.5. The first-order valence-corrected chi connectivity index (χ1v) is 0.775. The van der Waals surface area contributed by atoms with Gasteiger partial charge >= 0.3 is 118 Å². The van der Waals surface area contributed by atoms with E-state index in [9.17, 15) is 0 Å². The van der Waals surface area contributed by atoms with Gasteiger partial charge < -0.3 is 19.4 Å². The molecule has 30 valence electrons. The number of rotatable bonds is 0. The van der Waals surface area contributed by atoms with Crippen LogP contribution in [0.25, 0.3) is 0 Å². The summed E-state index contributed by atoms with van der Waals surface area (Å²) < 4.78 is 0. The third kappa shape index (κ3) is 42.9. The van der Waals surface area contributed by atoms with E-state index in [-0.39, 0.29) is 115 Å². The van der Waals surface area contributed by atoms with E-state index in [1.165, 1.54) is 0 Å². The summed E-state index contributed by atoms with van der Waals surface area (Å²) in [5, 5.41) is 21.5. The van der Waals surface area contributed by atoms with E-state index in [0.29, 0.717) is 0 Å². The van der Waals surface area contributed by atoms with Crippen molar-refractivity contribution >= 4 is 7.32 Å². The Morgan fingerprint density at radius 3 is 1.00 bits per heavy atom. The third-order valence-electron chi connectivity index (χ3n) is 0. The molecule has 0 saturated carbocycles. The molecular formula is H6BKNa2O3. The smallest absolute Gasteiger partial charge is 1.00 e. The first-order chi connectivity index (χ1) is 1.73. The molecule has 0 atom stereocenters. The molecule has 0 aliphatic heterocycles. The summed E-state index contributed by atoms with van der Waals surface area (Å²) in [7, 11) is -2.17. The van der Waals surface area contributed by atoms with E-state index < -0.39 is 7.32 Å². The van der Waals surface area contributed by atoms with E-state index in [4.69, 9.17) is 15.1 Å². The zero-order chi connectivity index (χ0) is 3.58. The van der Waals surface area contributed by atoms with Crippen molar-refractivity contribution in [3.63, 3.8) is 0 Å². The zero-order valence-corrected chi connectivity index (χ0v) is 12.0. The first-order valence-electron chi connectivity index (χ1n) is 0.775. The maximum absolute atomic E-state index is 7.17. The third-order valence-corrected chi connectivity index (χ3v) is 0. The molecule has 7 heavy (non-hydrogen) atoms. The molecule has 0 saturated heterocycles. The summed E-state index contributed by atoms with van der Waals surface area (Å²) >= 11 is 0. The van der Waals surface area contributed by atoms with Crippen molar-refractivity contribution in [1.29, 1.82) is 0 Å². The van der Waals surface area contributed by atoms with Crippen LogP contribution in [-0.2, 0) is 0 Å². The predicted molar refractivity (Wildman–Crippen MR) is 15.7 cm³/mol. The molecule has 0 aliphatic carbocycles. The molecule has 3 N–H and O–H groups in total. The van der Waals surface area contributed by atoms with Gasteiger partial charge in [-0.2, -0.15) is 0 Å². The summed E-state index contributed by atoms with van der Waals surface area (Å²) in [4.78, 5) is 0. The van der Waals surface area contributed by atoms with Crippen LogP contribution in [-0.4, -0.2) is 22.4 Å². The van der Waals surface area contributed by atoms with Crippen LogP contribution in [0, 0.1) is 0 Å². The van der Waals surface area contributed by atoms with Crippen LogP contribution in [0.15, 0.2) is 0 Å². The number of hydrogen-bond acceptors (Lipinski definition) is 3. The van der Waals surface area contributed by atoms with Crippen LogP contribution in [0.4, 0.5) is 0 Å². The Hall–Kier alpha value is 3.58. The quantitative estimate of drug-likeness (QED) is 0.300. The molecular weight excluding hydrogens is 144 g/mol. The molecule has 0 aliphatic rings. The first kappa shape index (κ1) is 22.4. The van der Waals surface area contributed by atoms with Crippen molar-refractivity contribution in [2.45, 2.75) is 0 Å². The fourth-order valence-corrected chi connectivity index (χ4v) is 0. The van der Waals surface area contributed by atoms with Gasteiger partial charge in [0, 0.05) is 0 Å². The largest absolute Gasteiger partial charge is 1.00 e. The van der Waals surface area contributed by atoms with E-state index in [1.807, 2.05) is 0 Å². The molecule has 0 amide bonds. The van der Waals surface area contributed by atoms with Gasteiger partial charge in [0.2, 0.25) is 0 Å². The molecule has 0 bridgehead atoms. The molecule has 0 rings (SSSR count). The minimum Gasteiger partial charge on any atom is -1.00 e. The van der Waals surface area contributed by atoms with Gasteiger partial charge in [-0.1, -0.05) is 0 Å². The molecule has 0 unspecified atom stereocenters. The minimum atomic E-state index is -2.17. The van der Waals surface area contributed by atoms with Gasteiger partial charge in [-0.05, 0) is 0 Å². The Morgan fingerprint density at radius 2 is 1.00 bits per heavy atom. The van der Waals surface area contributed by atoms with Crippen LogP contribution in [0.2, 0.25) is 0 Å². The standard InChI is InChI=1S/BH3O3.K.2Na.3H/c2-1(3)4;;;;;;/h2-4H;;;;;;/q;3*+1;3*-1. The number of hydrogen-bond donors (Lipinski definition) is 3. The Morgan fingerprint density at radius 1 is 1.00 bits per heavy atom. The van der Waals surface area contributed by atoms with Crippen LogP contribution in [0.3, 0.4) is 0 Å². The molecule has 7 heteroatoms.